The molecule has 2 amide bonds. The predicted octanol–water partition coefficient (Wildman–Crippen LogP) is 7.87. The van der Waals surface area contributed by atoms with Crippen molar-refractivity contribution in [1.29, 1.82) is 0 Å². The van der Waals surface area contributed by atoms with Crippen molar-refractivity contribution in [3.8, 4) is 11.4 Å². The van der Waals surface area contributed by atoms with Gasteiger partial charge in [-0.1, -0.05) is 82.0 Å². The van der Waals surface area contributed by atoms with Gasteiger partial charge in [0.1, 0.15) is 6.04 Å². The van der Waals surface area contributed by atoms with E-state index in [0.717, 1.165) is 60.1 Å². The van der Waals surface area contributed by atoms with Gasteiger partial charge in [0.05, 0.1) is 5.92 Å². The number of nitrogens with one attached hydrogen (secondary N) is 1. The Balaban J connectivity index is 0.974. The summed E-state index contributed by atoms with van der Waals surface area (Å²) < 4.78 is 0. The Morgan fingerprint density at radius 3 is 2.18 bits per heavy atom. The molecule has 51 heavy (non-hydrogen) atoms. The second-order valence-corrected chi connectivity index (χ2v) is 16.0. The summed E-state index contributed by atoms with van der Waals surface area (Å²) >= 11 is 0. The SMILES string of the molecule is CCCC1CCC(C2CC=C(c3cnc(-c4ccc(CC(NC(=O)c5ccc(C6(C)CC6)cc5)C(=O)N5CC(C(=O)O)C5)cc4)nc3)CC2)CC1. The lowest BCUT2D eigenvalue weighted by molar-refractivity contribution is -0.153. The summed E-state index contributed by atoms with van der Waals surface area (Å²) in [5.41, 5.74) is 6.14. The zero-order chi connectivity index (χ0) is 35.5. The minimum atomic E-state index is -0.908. The molecule has 1 aromatic heterocycles. The minimum absolute atomic E-state index is 0.150. The summed E-state index contributed by atoms with van der Waals surface area (Å²) in [6.45, 7) is 4.84. The van der Waals surface area contributed by atoms with Crippen LogP contribution in [0.4, 0.5) is 0 Å². The van der Waals surface area contributed by atoms with Crippen molar-refractivity contribution in [2.75, 3.05) is 13.1 Å². The smallest absolute Gasteiger partial charge is 0.310 e. The van der Waals surface area contributed by atoms with Crippen LogP contribution in [-0.4, -0.2) is 56.9 Å². The van der Waals surface area contributed by atoms with Crippen molar-refractivity contribution in [2.24, 2.45) is 23.7 Å². The van der Waals surface area contributed by atoms with Crippen molar-refractivity contribution in [2.45, 2.75) is 102 Å². The van der Waals surface area contributed by atoms with Gasteiger partial charge in [0.25, 0.3) is 5.91 Å². The monoisotopic (exact) mass is 688 g/mol. The Hall–Kier alpha value is -4.33. The number of carboxylic acids is 1. The predicted molar refractivity (Wildman–Crippen MR) is 199 cm³/mol. The number of aliphatic carboxylic acids is 1. The maximum Gasteiger partial charge on any atom is 0.310 e. The number of allylic oxidation sites excluding steroid dienone is 2. The van der Waals surface area contributed by atoms with Gasteiger partial charge in [-0.15, -0.1) is 0 Å². The first-order chi connectivity index (χ1) is 24.7. The molecule has 2 saturated carbocycles. The number of nitrogens with zero attached hydrogens (tertiary/aromatic N) is 3. The molecule has 3 aromatic rings. The molecule has 8 heteroatoms. The van der Waals surface area contributed by atoms with Crippen LogP contribution < -0.4 is 5.32 Å². The molecule has 2 unspecified atom stereocenters. The van der Waals surface area contributed by atoms with E-state index in [4.69, 9.17) is 9.97 Å². The van der Waals surface area contributed by atoms with Crippen LogP contribution in [0, 0.1) is 23.7 Å². The number of hydrogen-bond acceptors (Lipinski definition) is 5. The standard InChI is InChI=1S/C43H52N4O4/c1-3-4-28-5-9-30(10-6-28)31-13-15-32(16-14-31)35-24-44-39(45-25-35)33-11-7-29(8-12-33)23-38(41(49)47-26-36(27-47)42(50)51)46-40(48)34-17-19-37(20-18-34)43(2)21-22-43/h7-8,11-12,15,17-20,24-25,28,30-31,36,38H,3-6,9-10,13-14,16,21-23,26-27H2,1-2H3,(H,46,48)(H,50,51). The van der Waals surface area contributed by atoms with E-state index in [9.17, 15) is 19.5 Å². The van der Waals surface area contributed by atoms with Crippen molar-refractivity contribution in [3.63, 3.8) is 0 Å². The minimum Gasteiger partial charge on any atom is -0.481 e. The average molecular weight is 689 g/mol. The molecule has 4 aliphatic rings. The van der Waals surface area contributed by atoms with Crippen LogP contribution in [0.1, 0.15) is 112 Å². The Bertz CT molecular complexity index is 1730. The van der Waals surface area contributed by atoms with E-state index in [1.807, 2.05) is 60.9 Å². The van der Waals surface area contributed by atoms with Crippen LogP contribution in [0.3, 0.4) is 0 Å². The first kappa shape index (κ1) is 35.1. The van der Waals surface area contributed by atoms with Crippen LogP contribution in [-0.2, 0) is 21.4 Å². The maximum atomic E-state index is 13.5. The van der Waals surface area contributed by atoms with Crippen LogP contribution in [0.2, 0.25) is 0 Å². The first-order valence-corrected chi connectivity index (χ1v) is 19.2. The Kier molecular flexibility index (Phi) is 10.4. The fourth-order valence-corrected chi connectivity index (χ4v) is 8.55. The highest BCUT2D eigenvalue weighted by Crippen LogP contribution is 2.47. The molecule has 0 radical (unpaired) electrons. The molecule has 268 valence electrons. The second-order valence-electron chi connectivity index (χ2n) is 16.0. The largest absolute Gasteiger partial charge is 0.481 e. The van der Waals surface area contributed by atoms with E-state index >= 15 is 0 Å². The van der Waals surface area contributed by atoms with Gasteiger partial charge in [-0.3, -0.25) is 14.4 Å². The summed E-state index contributed by atoms with van der Waals surface area (Å²) in [5, 5.41) is 12.3. The number of aromatic nitrogens is 2. The fourth-order valence-electron chi connectivity index (χ4n) is 8.55. The molecule has 2 atom stereocenters. The summed E-state index contributed by atoms with van der Waals surface area (Å²) in [6.07, 6.45) is 20.8. The molecule has 0 bridgehead atoms. The van der Waals surface area contributed by atoms with Crippen LogP contribution >= 0.6 is 0 Å². The van der Waals surface area contributed by atoms with Crippen molar-refractivity contribution in [3.05, 3.63) is 89.3 Å². The molecule has 1 aliphatic heterocycles. The van der Waals surface area contributed by atoms with Gasteiger partial charge in [-0.05, 0) is 96.9 Å². The summed E-state index contributed by atoms with van der Waals surface area (Å²) in [5.74, 6) is 1.23. The number of likely N-dealkylation sites (tertiary alicyclic amines) is 1. The van der Waals surface area contributed by atoms with E-state index in [0.29, 0.717) is 11.4 Å². The number of rotatable bonds is 12. The van der Waals surface area contributed by atoms with Gasteiger partial charge in [0, 0.05) is 48.6 Å². The molecule has 2 heterocycles. The molecule has 3 aliphatic carbocycles. The highest BCUT2D eigenvalue weighted by atomic mass is 16.4. The molecular weight excluding hydrogens is 636 g/mol. The first-order valence-electron chi connectivity index (χ1n) is 19.2. The third-order valence-electron chi connectivity index (χ3n) is 12.4. The maximum absolute atomic E-state index is 13.5. The zero-order valence-electron chi connectivity index (χ0n) is 30.2. The fraction of sp³-hybridized carbons (Fsp3) is 0.512. The third-order valence-corrected chi connectivity index (χ3v) is 12.4. The van der Waals surface area contributed by atoms with Gasteiger partial charge in [0.15, 0.2) is 5.82 Å². The quantitative estimate of drug-likeness (QED) is 0.200. The van der Waals surface area contributed by atoms with Crippen LogP contribution in [0.5, 0.6) is 0 Å². The van der Waals surface area contributed by atoms with Gasteiger partial charge in [-0.25, -0.2) is 9.97 Å². The molecule has 8 nitrogen and oxygen atoms in total. The highest BCUT2D eigenvalue weighted by Gasteiger charge is 2.40. The van der Waals surface area contributed by atoms with E-state index in [1.165, 1.54) is 61.0 Å². The van der Waals surface area contributed by atoms with Crippen molar-refractivity contribution >= 4 is 23.4 Å². The molecule has 2 N–H and O–H groups in total. The van der Waals surface area contributed by atoms with E-state index < -0.39 is 17.9 Å². The molecular formula is C43H52N4O4. The summed E-state index contributed by atoms with van der Waals surface area (Å²) in [4.78, 5) is 49.2. The molecule has 1 saturated heterocycles. The molecule has 0 spiro atoms. The molecule has 2 aromatic carbocycles. The number of hydrogen-bond donors (Lipinski definition) is 2. The lowest BCUT2D eigenvalue weighted by Crippen LogP contribution is -2.59. The Morgan fingerprint density at radius 2 is 1.59 bits per heavy atom. The van der Waals surface area contributed by atoms with Gasteiger partial charge >= 0.3 is 5.97 Å². The highest BCUT2D eigenvalue weighted by molar-refractivity contribution is 5.98. The summed E-state index contributed by atoms with van der Waals surface area (Å²) in [6, 6.07) is 14.6. The Morgan fingerprint density at radius 1 is 0.902 bits per heavy atom. The number of carbonyl (C=O) groups is 3. The normalized spacial score (nSPS) is 23.5. The second kappa shape index (κ2) is 15.1. The average Bonchev–Trinajstić information content (AvgIpc) is 3.89. The molecule has 3 fully saturated rings. The lowest BCUT2D eigenvalue weighted by atomic mass is 9.70. The zero-order valence-corrected chi connectivity index (χ0v) is 30.2. The third kappa shape index (κ3) is 8.10. The van der Waals surface area contributed by atoms with E-state index in [2.05, 4.69) is 25.2 Å². The van der Waals surface area contributed by atoms with Crippen LogP contribution in [0.25, 0.3) is 17.0 Å². The van der Waals surface area contributed by atoms with E-state index in [1.54, 1.807) is 0 Å². The van der Waals surface area contributed by atoms with Crippen molar-refractivity contribution < 1.29 is 19.5 Å². The number of amides is 2. The summed E-state index contributed by atoms with van der Waals surface area (Å²) in [7, 11) is 0. The topological polar surface area (TPSA) is 112 Å². The number of carbonyl (C=O) groups excluding carboxylic acids is 2. The van der Waals surface area contributed by atoms with Gasteiger partial charge < -0.3 is 15.3 Å². The van der Waals surface area contributed by atoms with E-state index in [-0.39, 0.29) is 36.7 Å². The lowest BCUT2D eigenvalue weighted by Gasteiger charge is -2.39. The number of carboxylic acid groups (broad SMARTS) is 1. The van der Waals surface area contributed by atoms with Crippen molar-refractivity contribution in [1.82, 2.24) is 20.2 Å². The number of benzene rings is 2. The van der Waals surface area contributed by atoms with Crippen LogP contribution in [0.15, 0.2) is 67.0 Å². The molecule has 7 rings (SSSR count). The van der Waals surface area contributed by atoms with Gasteiger partial charge in [-0.2, -0.15) is 0 Å². The van der Waals surface area contributed by atoms with Gasteiger partial charge in [0.2, 0.25) is 5.91 Å². The Labute approximate surface area is 302 Å².